The Bertz CT molecular complexity index is 1490. The second-order valence-electron chi connectivity index (χ2n) is 7.71. The normalized spacial score (nSPS) is 14.0. The van der Waals surface area contributed by atoms with Gasteiger partial charge in [-0.05, 0) is 36.8 Å². The zero-order chi connectivity index (χ0) is 24.1. The summed E-state index contributed by atoms with van der Waals surface area (Å²) in [6, 6.07) is 9.44. The maximum Gasteiger partial charge on any atom is 0.416 e. The van der Waals surface area contributed by atoms with Gasteiger partial charge in [-0.25, -0.2) is 14.2 Å². The summed E-state index contributed by atoms with van der Waals surface area (Å²) < 4.78 is 14.5. The van der Waals surface area contributed by atoms with Crippen LogP contribution in [0.1, 0.15) is 61.2 Å². The molecular formula is C24H16FN3O5S. The molecule has 5 rings (SSSR count). The molecule has 2 amide bonds. The van der Waals surface area contributed by atoms with Crippen LogP contribution in [0, 0.1) is 5.82 Å². The minimum absolute atomic E-state index is 0.0464. The van der Waals surface area contributed by atoms with Crippen molar-refractivity contribution >= 4 is 45.9 Å². The maximum absolute atomic E-state index is 13.7. The van der Waals surface area contributed by atoms with E-state index in [4.69, 9.17) is 0 Å². The van der Waals surface area contributed by atoms with Crippen LogP contribution in [0.2, 0.25) is 0 Å². The zero-order valence-electron chi connectivity index (χ0n) is 17.7. The summed E-state index contributed by atoms with van der Waals surface area (Å²) in [5.41, 5.74) is 1.15. The van der Waals surface area contributed by atoms with Crippen LogP contribution < -0.4 is 0 Å². The Hall–Kier alpha value is -4.18. The van der Waals surface area contributed by atoms with Crippen molar-refractivity contribution in [3.8, 4) is 0 Å². The lowest BCUT2D eigenvalue weighted by Crippen LogP contribution is -2.34. The molecule has 0 fully saturated rings. The van der Waals surface area contributed by atoms with Gasteiger partial charge in [0.25, 0.3) is 11.8 Å². The first-order valence-electron chi connectivity index (χ1n) is 10.3. The molecule has 0 spiro atoms. The fourth-order valence-corrected chi connectivity index (χ4v) is 5.03. The number of amides is 2. The van der Waals surface area contributed by atoms with Crippen molar-refractivity contribution in [1.82, 2.24) is 14.5 Å². The molecule has 8 nitrogen and oxygen atoms in total. The van der Waals surface area contributed by atoms with Gasteiger partial charge in [0, 0.05) is 17.0 Å². The molecule has 1 atom stereocenters. The predicted molar refractivity (Wildman–Crippen MR) is 121 cm³/mol. The summed E-state index contributed by atoms with van der Waals surface area (Å²) in [5.74, 6) is -2.00. The molecule has 2 aromatic heterocycles. The number of thiazole rings is 1. The van der Waals surface area contributed by atoms with Gasteiger partial charge in [0.2, 0.25) is 5.78 Å². The van der Waals surface area contributed by atoms with Gasteiger partial charge in [-0.2, -0.15) is 0 Å². The molecule has 0 aliphatic carbocycles. The number of ketones is 1. The molecule has 4 aromatic rings. The van der Waals surface area contributed by atoms with Gasteiger partial charge < -0.3 is 5.11 Å². The van der Waals surface area contributed by atoms with Crippen molar-refractivity contribution in [3.63, 3.8) is 0 Å². The third-order valence-corrected chi connectivity index (χ3v) is 6.66. The van der Waals surface area contributed by atoms with Crippen molar-refractivity contribution in [2.24, 2.45) is 0 Å². The van der Waals surface area contributed by atoms with E-state index in [1.54, 1.807) is 29.6 Å². The molecule has 170 valence electrons. The van der Waals surface area contributed by atoms with Crippen molar-refractivity contribution in [3.05, 3.63) is 87.3 Å². The van der Waals surface area contributed by atoms with Crippen LogP contribution in [-0.2, 0) is 0 Å². The third-order valence-electron chi connectivity index (χ3n) is 5.80. The Morgan fingerprint density at radius 2 is 1.79 bits per heavy atom. The number of carboxylic acid groups (broad SMARTS) is 1. The number of imide groups is 1. The fourth-order valence-electron chi connectivity index (χ4n) is 4.21. The largest absolute Gasteiger partial charge is 0.464 e. The molecule has 0 radical (unpaired) electrons. The van der Waals surface area contributed by atoms with Gasteiger partial charge >= 0.3 is 6.09 Å². The van der Waals surface area contributed by atoms with Crippen LogP contribution in [0.25, 0.3) is 10.9 Å². The summed E-state index contributed by atoms with van der Waals surface area (Å²) in [4.78, 5) is 56.2. The maximum atomic E-state index is 13.7. The van der Waals surface area contributed by atoms with Gasteiger partial charge in [0.05, 0.1) is 33.9 Å². The molecule has 2 aromatic carbocycles. The second-order valence-corrected chi connectivity index (χ2v) is 8.57. The number of halogens is 1. The van der Waals surface area contributed by atoms with Crippen molar-refractivity contribution in [2.75, 3.05) is 0 Å². The smallest absolute Gasteiger partial charge is 0.416 e. The average Bonchev–Trinajstić information content (AvgIpc) is 3.51. The highest BCUT2D eigenvalue weighted by Gasteiger charge is 2.40. The molecule has 0 saturated carbocycles. The topological polar surface area (TPSA) is 110 Å². The highest BCUT2D eigenvalue weighted by molar-refractivity contribution is 7.12. The Morgan fingerprint density at radius 3 is 2.41 bits per heavy atom. The van der Waals surface area contributed by atoms with Gasteiger partial charge in [-0.15, -0.1) is 11.3 Å². The molecule has 10 heteroatoms. The molecular weight excluding hydrogens is 461 g/mol. The quantitative estimate of drug-likeness (QED) is 0.328. The number of fused-ring (bicyclic) bond motifs is 2. The van der Waals surface area contributed by atoms with Crippen LogP contribution in [0.4, 0.5) is 9.18 Å². The second kappa shape index (κ2) is 7.99. The number of carbonyl (C=O) groups excluding carboxylic acids is 3. The molecule has 1 N–H and O–H groups in total. The van der Waals surface area contributed by atoms with Gasteiger partial charge in [0.15, 0.2) is 5.01 Å². The summed E-state index contributed by atoms with van der Waals surface area (Å²) in [7, 11) is 0. The first-order valence-corrected chi connectivity index (χ1v) is 11.2. The molecule has 0 unspecified atom stereocenters. The van der Waals surface area contributed by atoms with Gasteiger partial charge in [0.1, 0.15) is 5.82 Å². The molecule has 0 saturated heterocycles. The average molecular weight is 477 g/mol. The Labute approximate surface area is 195 Å². The third kappa shape index (κ3) is 3.22. The molecule has 1 aliphatic heterocycles. The standard InChI is InChI=1S/C24H16FN3O5S/c1-2-18(28-22(30)14-5-3-4-6-15(14)23(28)31)17-11-34-21(26-17)20(29)16-10-27(24(32)33)19-9-12(25)7-8-13(16)19/h3-11,18H,2H2,1H3,(H,32,33)/t18-/m1/s1. The first kappa shape index (κ1) is 21.7. The van der Waals surface area contributed by atoms with Crippen molar-refractivity contribution in [2.45, 2.75) is 19.4 Å². The summed E-state index contributed by atoms with van der Waals surface area (Å²) in [5, 5.41) is 11.4. The molecule has 3 heterocycles. The van der Waals surface area contributed by atoms with Crippen molar-refractivity contribution in [1.29, 1.82) is 0 Å². The summed E-state index contributed by atoms with van der Waals surface area (Å²) in [6.07, 6.45) is 0.170. The van der Waals surface area contributed by atoms with E-state index >= 15 is 0 Å². The molecule has 0 bridgehead atoms. The van der Waals surface area contributed by atoms with Gasteiger partial charge in [-0.1, -0.05) is 19.1 Å². The Kier molecular flexibility index (Phi) is 5.09. The highest BCUT2D eigenvalue weighted by Crippen LogP contribution is 2.34. The zero-order valence-corrected chi connectivity index (χ0v) is 18.5. The lowest BCUT2D eigenvalue weighted by Gasteiger charge is -2.23. The van der Waals surface area contributed by atoms with E-state index in [2.05, 4.69) is 4.98 Å². The molecule has 34 heavy (non-hydrogen) atoms. The lowest BCUT2D eigenvalue weighted by molar-refractivity contribution is 0.0574. The SMILES string of the molecule is CC[C@H](c1csc(C(=O)c2cn(C(=O)O)c3cc(F)ccc23)n1)N1C(=O)c2ccccc2C1=O. The van der Waals surface area contributed by atoms with Crippen LogP contribution in [0.5, 0.6) is 0 Å². The summed E-state index contributed by atoms with van der Waals surface area (Å²) in [6.45, 7) is 1.81. The number of benzene rings is 2. The minimum Gasteiger partial charge on any atom is -0.464 e. The van der Waals surface area contributed by atoms with E-state index in [9.17, 15) is 28.7 Å². The highest BCUT2D eigenvalue weighted by atomic mass is 32.1. The first-order chi connectivity index (χ1) is 16.3. The summed E-state index contributed by atoms with van der Waals surface area (Å²) >= 11 is 1.03. The number of hydrogen-bond acceptors (Lipinski definition) is 6. The lowest BCUT2D eigenvalue weighted by atomic mass is 10.1. The number of carbonyl (C=O) groups is 4. The van der Waals surface area contributed by atoms with Crippen LogP contribution in [0.15, 0.2) is 54.0 Å². The number of hydrogen-bond donors (Lipinski definition) is 1. The van der Waals surface area contributed by atoms with Crippen LogP contribution >= 0.6 is 11.3 Å². The van der Waals surface area contributed by atoms with E-state index in [0.717, 1.165) is 39.1 Å². The van der Waals surface area contributed by atoms with E-state index < -0.39 is 35.5 Å². The van der Waals surface area contributed by atoms with Gasteiger partial charge in [-0.3, -0.25) is 23.9 Å². The Morgan fingerprint density at radius 1 is 1.12 bits per heavy atom. The Balaban J connectivity index is 1.51. The van der Waals surface area contributed by atoms with Crippen molar-refractivity contribution < 1.29 is 28.7 Å². The number of nitrogens with zero attached hydrogens (tertiary/aromatic N) is 3. The van der Waals surface area contributed by atoms with E-state index in [0.29, 0.717) is 23.2 Å². The number of rotatable bonds is 5. The van der Waals surface area contributed by atoms with Crippen LogP contribution in [-0.4, -0.2) is 43.2 Å². The van der Waals surface area contributed by atoms with Crippen LogP contribution in [0.3, 0.4) is 0 Å². The monoisotopic (exact) mass is 477 g/mol. The predicted octanol–water partition coefficient (Wildman–Crippen LogP) is 4.74. The fraction of sp³-hybridized carbons (Fsp3) is 0.125. The van der Waals surface area contributed by atoms with E-state index in [1.165, 1.54) is 6.07 Å². The van der Waals surface area contributed by atoms with E-state index in [-0.39, 0.29) is 21.5 Å². The minimum atomic E-state index is -1.36. The van der Waals surface area contributed by atoms with E-state index in [1.807, 2.05) is 6.92 Å². The number of aromatic nitrogens is 2. The molecule has 1 aliphatic rings.